The van der Waals surface area contributed by atoms with Crippen LogP contribution in [-0.2, 0) is 6.54 Å². The van der Waals surface area contributed by atoms with Gasteiger partial charge in [0.25, 0.3) is 5.19 Å². The zero-order valence-electron chi connectivity index (χ0n) is 17.8. The average Bonchev–Trinajstić information content (AvgIpc) is 3.43. The van der Waals surface area contributed by atoms with E-state index in [1.54, 1.807) is 11.3 Å². The number of nitrogens with one attached hydrogen (secondary N) is 1. The van der Waals surface area contributed by atoms with Crippen LogP contribution in [0.25, 0.3) is 21.1 Å². The molecule has 0 bridgehead atoms. The van der Waals surface area contributed by atoms with Crippen molar-refractivity contribution in [1.82, 2.24) is 14.9 Å². The van der Waals surface area contributed by atoms with Crippen molar-refractivity contribution in [3.05, 3.63) is 90.1 Å². The summed E-state index contributed by atoms with van der Waals surface area (Å²) in [7, 11) is 0. The smallest absolute Gasteiger partial charge is 0.279 e. The highest BCUT2D eigenvalue weighted by atomic mass is 32.1. The van der Waals surface area contributed by atoms with Gasteiger partial charge in [-0.15, -0.1) is 0 Å². The van der Waals surface area contributed by atoms with E-state index in [9.17, 15) is 0 Å². The lowest BCUT2D eigenvalue weighted by Crippen LogP contribution is -2.32. The zero-order valence-corrected chi connectivity index (χ0v) is 18.6. The molecule has 1 fully saturated rings. The van der Waals surface area contributed by atoms with E-state index in [4.69, 9.17) is 4.74 Å². The first-order chi connectivity index (χ1) is 15.8. The van der Waals surface area contributed by atoms with E-state index in [2.05, 4.69) is 69.6 Å². The second-order valence-corrected chi connectivity index (χ2v) is 9.53. The van der Waals surface area contributed by atoms with Crippen LogP contribution in [0.15, 0.2) is 79.0 Å². The van der Waals surface area contributed by atoms with Gasteiger partial charge < -0.3 is 9.72 Å². The van der Waals surface area contributed by atoms with Gasteiger partial charge in [0, 0.05) is 29.7 Å². The molecule has 5 aromatic rings. The fourth-order valence-electron chi connectivity index (χ4n) is 4.75. The summed E-state index contributed by atoms with van der Waals surface area (Å²) >= 11 is 1.57. The van der Waals surface area contributed by atoms with Gasteiger partial charge in [0.2, 0.25) is 0 Å². The van der Waals surface area contributed by atoms with Gasteiger partial charge >= 0.3 is 0 Å². The number of likely N-dealkylation sites (tertiary alicyclic amines) is 1. The molecule has 0 radical (unpaired) electrons. The Hall–Kier alpha value is -3.15. The highest BCUT2D eigenvalue weighted by molar-refractivity contribution is 7.20. The molecule has 0 saturated carbocycles. The molecular weight excluding hydrogens is 414 g/mol. The minimum atomic E-state index is 0.679. The number of para-hydroxylation sites is 1. The van der Waals surface area contributed by atoms with E-state index >= 15 is 0 Å². The molecule has 2 aromatic heterocycles. The number of hydrogen-bond donors (Lipinski definition) is 1. The number of H-pyrrole nitrogens is 1. The fraction of sp³-hybridized carbons (Fsp3) is 0.222. The second kappa shape index (κ2) is 8.41. The second-order valence-electron chi connectivity index (χ2n) is 8.53. The minimum absolute atomic E-state index is 0.679. The Balaban J connectivity index is 1.13. The van der Waals surface area contributed by atoms with E-state index in [1.807, 2.05) is 24.3 Å². The van der Waals surface area contributed by atoms with E-state index in [0.717, 1.165) is 41.1 Å². The standard InChI is InChI=1S/C27H25N3OS/c1-2-6-19(7-3-1)20-12-14-30(15-13-20)18-21-17-28-25-16-22(10-11-23(21)25)31-27-29-24-8-4-5-9-26(24)32-27/h1-11,16-17,20,28H,12-15,18H2. The SMILES string of the molecule is c1ccc(C2CCN(Cc3c[nH]c4cc(Oc5nc6ccccc6s5)ccc34)CC2)cc1. The van der Waals surface area contributed by atoms with Crippen molar-refractivity contribution >= 4 is 32.5 Å². The van der Waals surface area contributed by atoms with E-state index in [-0.39, 0.29) is 0 Å². The molecular formula is C27H25N3OS. The monoisotopic (exact) mass is 439 g/mol. The first-order valence-corrected chi connectivity index (χ1v) is 12.0. The van der Waals surface area contributed by atoms with Gasteiger partial charge in [0.05, 0.1) is 10.2 Å². The summed E-state index contributed by atoms with van der Waals surface area (Å²) < 4.78 is 7.20. The predicted octanol–water partition coefficient (Wildman–Crippen LogP) is 6.95. The van der Waals surface area contributed by atoms with Crippen molar-refractivity contribution in [2.75, 3.05) is 13.1 Å². The fourth-order valence-corrected chi connectivity index (χ4v) is 5.58. The zero-order chi connectivity index (χ0) is 21.3. The van der Waals surface area contributed by atoms with Gasteiger partial charge in [-0.1, -0.05) is 53.8 Å². The number of rotatable bonds is 5. The number of thiazole rings is 1. The van der Waals surface area contributed by atoms with Gasteiger partial charge in [0.1, 0.15) is 5.75 Å². The molecule has 0 spiro atoms. The molecule has 5 heteroatoms. The van der Waals surface area contributed by atoms with Crippen molar-refractivity contribution in [2.45, 2.75) is 25.3 Å². The van der Waals surface area contributed by atoms with Crippen LogP contribution in [0.4, 0.5) is 0 Å². The Morgan fingerprint density at radius 2 is 1.78 bits per heavy atom. The molecule has 160 valence electrons. The number of ether oxygens (including phenoxy) is 1. The molecule has 0 amide bonds. The third kappa shape index (κ3) is 3.90. The number of hydrogen-bond acceptors (Lipinski definition) is 4. The summed E-state index contributed by atoms with van der Waals surface area (Å²) in [6.45, 7) is 3.27. The number of piperidine rings is 1. The first-order valence-electron chi connectivity index (χ1n) is 11.2. The molecule has 1 saturated heterocycles. The van der Waals surface area contributed by atoms with Crippen LogP contribution < -0.4 is 4.74 Å². The third-order valence-electron chi connectivity index (χ3n) is 6.47. The van der Waals surface area contributed by atoms with Crippen LogP contribution in [0.3, 0.4) is 0 Å². The summed E-state index contributed by atoms with van der Waals surface area (Å²) in [4.78, 5) is 10.6. The summed E-state index contributed by atoms with van der Waals surface area (Å²) in [5.74, 6) is 1.51. The van der Waals surface area contributed by atoms with Crippen molar-refractivity contribution in [3.8, 4) is 10.9 Å². The van der Waals surface area contributed by atoms with Gasteiger partial charge in [0.15, 0.2) is 0 Å². The number of fused-ring (bicyclic) bond motifs is 2. The number of nitrogens with zero attached hydrogens (tertiary/aromatic N) is 2. The van der Waals surface area contributed by atoms with E-state index in [0.29, 0.717) is 11.1 Å². The van der Waals surface area contributed by atoms with Crippen molar-refractivity contribution in [3.63, 3.8) is 0 Å². The Morgan fingerprint density at radius 1 is 0.969 bits per heavy atom. The molecule has 1 aliphatic heterocycles. The summed E-state index contributed by atoms with van der Waals surface area (Å²) in [5.41, 5.74) is 4.93. The van der Waals surface area contributed by atoms with Gasteiger partial charge in [-0.05, 0) is 67.2 Å². The highest BCUT2D eigenvalue weighted by Gasteiger charge is 2.21. The lowest BCUT2D eigenvalue weighted by molar-refractivity contribution is 0.205. The maximum absolute atomic E-state index is 6.06. The topological polar surface area (TPSA) is 41.2 Å². The number of benzene rings is 3. The van der Waals surface area contributed by atoms with Crippen molar-refractivity contribution in [1.29, 1.82) is 0 Å². The van der Waals surface area contributed by atoms with Crippen LogP contribution in [0.1, 0.15) is 29.9 Å². The molecule has 4 nitrogen and oxygen atoms in total. The number of aromatic amines is 1. The quantitative estimate of drug-likeness (QED) is 0.322. The maximum atomic E-state index is 6.06. The van der Waals surface area contributed by atoms with Crippen LogP contribution in [-0.4, -0.2) is 28.0 Å². The summed E-state index contributed by atoms with van der Waals surface area (Å²) in [6.07, 6.45) is 4.61. The average molecular weight is 440 g/mol. The molecule has 3 heterocycles. The Labute approximate surface area is 191 Å². The highest BCUT2D eigenvalue weighted by Crippen LogP contribution is 2.33. The molecule has 1 N–H and O–H groups in total. The largest absolute Gasteiger partial charge is 0.431 e. The van der Waals surface area contributed by atoms with Crippen molar-refractivity contribution in [2.24, 2.45) is 0 Å². The van der Waals surface area contributed by atoms with Crippen LogP contribution in [0.2, 0.25) is 0 Å². The Kier molecular flexibility index (Phi) is 5.13. The molecule has 0 unspecified atom stereocenters. The summed E-state index contributed by atoms with van der Waals surface area (Å²) in [5, 5.41) is 1.95. The molecule has 6 rings (SSSR count). The lowest BCUT2D eigenvalue weighted by atomic mass is 9.89. The maximum Gasteiger partial charge on any atom is 0.279 e. The third-order valence-corrected chi connectivity index (χ3v) is 7.39. The normalized spacial score (nSPS) is 15.5. The van der Waals surface area contributed by atoms with E-state index in [1.165, 1.54) is 29.4 Å². The molecule has 1 aliphatic rings. The van der Waals surface area contributed by atoms with E-state index < -0.39 is 0 Å². The van der Waals surface area contributed by atoms with Crippen LogP contribution in [0.5, 0.6) is 10.9 Å². The molecule has 0 atom stereocenters. The van der Waals surface area contributed by atoms with Gasteiger partial charge in [-0.25, -0.2) is 4.98 Å². The molecule has 32 heavy (non-hydrogen) atoms. The summed E-state index contributed by atoms with van der Waals surface area (Å²) in [6, 6.07) is 25.4. The molecule has 3 aromatic carbocycles. The van der Waals surface area contributed by atoms with Gasteiger partial charge in [-0.3, -0.25) is 4.90 Å². The Morgan fingerprint density at radius 3 is 2.62 bits per heavy atom. The van der Waals surface area contributed by atoms with Crippen LogP contribution >= 0.6 is 11.3 Å². The van der Waals surface area contributed by atoms with Crippen LogP contribution in [0, 0.1) is 0 Å². The Bertz CT molecular complexity index is 1320. The first kappa shape index (κ1) is 19.5. The van der Waals surface area contributed by atoms with Gasteiger partial charge in [-0.2, -0.15) is 0 Å². The predicted molar refractivity (Wildman–Crippen MR) is 132 cm³/mol. The lowest BCUT2D eigenvalue weighted by Gasteiger charge is -2.32. The molecule has 0 aliphatic carbocycles. The number of aromatic nitrogens is 2. The van der Waals surface area contributed by atoms with Crippen molar-refractivity contribution < 1.29 is 4.74 Å². The minimum Gasteiger partial charge on any atom is -0.431 e.